The van der Waals surface area contributed by atoms with Crippen LogP contribution in [0.3, 0.4) is 0 Å². The van der Waals surface area contributed by atoms with Crippen LogP contribution in [0.2, 0.25) is 0 Å². The van der Waals surface area contributed by atoms with E-state index in [1.54, 1.807) is 45.0 Å². The Hall–Kier alpha value is -3.16. The third-order valence-corrected chi connectivity index (χ3v) is 4.83. The van der Waals surface area contributed by atoms with Crippen LogP contribution in [0.25, 0.3) is 0 Å². The van der Waals surface area contributed by atoms with Crippen molar-refractivity contribution in [2.75, 3.05) is 10.2 Å². The molecule has 0 bridgehead atoms. The van der Waals surface area contributed by atoms with Crippen molar-refractivity contribution in [1.29, 1.82) is 0 Å². The minimum atomic E-state index is -1.15. The van der Waals surface area contributed by atoms with Gasteiger partial charge in [-0.2, -0.15) is 0 Å². The first-order valence-electron chi connectivity index (χ1n) is 9.09. The Labute approximate surface area is 162 Å². The van der Waals surface area contributed by atoms with Gasteiger partial charge in [-0.3, -0.25) is 14.5 Å². The number of anilines is 2. The average molecular weight is 385 g/mol. The summed E-state index contributed by atoms with van der Waals surface area (Å²) in [6.07, 6.45) is -0.610. The third kappa shape index (κ3) is 3.15. The number of amides is 2. The summed E-state index contributed by atoms with van der Waals surface area (Å²) in [5, 5.41) is 6.63. The molecule has 1 N–H and O–H groups in total. The maximum Gasteiger partial charge on any atom is 0.344 e. The van der Waals surface area contributed by atoms with E-state index < -0.39 is 23.5 Å². The molecule has 1 aromatic heterocycles. The van der Waals surface area contributed by atoms with Crippen molar-refractivity contribution < 1.29 is 23.6 Å². The average Bonchev–Trinajstić information content (AvgIpc) is 3.02. The maximum atomic E-state index is 13.2. The molecule has 0 radical (unpaired) electrons. The summed E-state index contributed by atoms with van der Waals surface area (Å²) in [5.74, 6) is -1.15. The summed E-state index contributed by atoms with van der Waals surface area (Å²) in [5.41, 5.74) is 0.647. The Morgan fingerprint density at radius 3 is 2.68 bits per heavy atom. The van der Waals surface area contributed by atoms with Crippen LogP contribution in [-0.2, 0) is 20.7 Å². The monoisotopic (exact) mass is 385 g/mol. The summed E-state index contributed by atoms with van der Waals surface area (Å²) in [6, 6.07) is 7.00. The largest absolute Gasteiger partial charge is 0.449 e. The van der Waals surface area contributed by atoms with Gasteiger partial charge in [-0.1, -0.05) is 24.2 Å². The van der Waals surface area contributed by atoms with Gasteiger partial charge >= 0.3 is 5.97 Å². The fraction of sp³-hybridized carbons (Fsp3) is 0.400. The molecule has 1 atom stereocenters. The smallest absolute Gasteiger partial charge is 0.344 e. The normalized spacial score (nSPS) is 16.2. The molecule has 0 saturated carbocycles. The number of fused-ring (bicyclic) bond motifs is 1. The van der Waals surface area contributed by atoms with E-state index in [-0.39, 0.29) is 11.5 Å². The van der Waals surface area contributed by atoms with E-state index in [1.165, 1.54) is 11.8 Å². The van der Waals surface area contributed by atoms with Crippen molar-refractivity contribution in [3.8, 4) is 0 Å². The van der Waals surface area contributed by atoms with E-state index in [0.717, 1.165) is 0 Å². The lowest BCUT2D eigenvalue weighted by Crippen LogP contribution is -2.60. The number of hydrogen-bond acceptors (Lipinski definition) is 6. The lowest BCUT2D eigenvalue weighted by molar-refractivity contribution is -0.131. The fourth-order valence-electron chi connectivity index (χ4n) is 3.22. The van der Waals surface area contributed by atoms with Gasteiger partial charge in [0.15, 0.2) is 6.10 Å². The molecule has 1 aliphatic heterocycles. The number of benzene rings is 1. The van der Waals surface area contributed by atoms with Gasteiger partial charge < -0.3 is 14.6 Å². The standard InChI is InChI=1S/C20H23N3O5/c1-6-13-16(11(2)28-22-13)18(25)27-12(3)17(24)23-15-10-8-7-9-14(15)21-19(26)20(23,4)5/h7-10,12H,6H2,1-5H3,(H,21,26). The van der Waals surface area contributed by atoms with Crippen LogP contribution in [-0.4, -0.2) is 34.6 Å². The number of nitrogens with zero attached hydrogens (tertiary/aromatic N) is 2. The van der Waals surface area contributed by atoms with Gasteiger partial charge in [0.2, 0.25) is 5.91 Å². The van der Waals surface area contributed by atoms with Crippen molar-refractivity contribution in [1.82, 2.24) is 5.16 Å². The molecule has 8 heteroatoms. The second-order valence-corrected chi connectivity index (χ2v) is 7.17. The second-order valence-electron chi connectivity index (χ2n) is 7.17. The van der Waals surface area contributed by atoms with Crippen LogP contribution in [0.5, 0.6) is 0 Å². The number of aryl methyl sites for hydroxylation is 2. The fourth-order valence-corrected chi connectivity index (χ4v) is 3.22. The number of hydrogen-bond donors (Lipinski definition) is 1. The Morgan fingerprint density at radius 2 is 2.00 bits per heavy atom. The minimum absolute atomic E-state index is 0.234. The molecule has 1 aliphatic rings. The highest BCUT2D eigenvalue weighted by atomic mass is 16.5. The number of carbonyl (C=O) groups excluding carboxylic acids is 3. The zero-order valence-corrected chi connectivity index (χ0v) is 16.5. The number of esters is 1. The Kier molecular flexibility index (Phi) is 4.97. The Balaban J connectivity index is 1.89. The van der Waals surface area contributed by atoms with Gasteiger partial charge in [-0.25, -0.2) is 4.79 Å². The number of nitrogens with one attached hydrogen (secondary N) is 1. The molecule has 0 spiro atoms. The number of aromatic nitrogens is 1. The SMILES string of the molecule is CCc1noc(C)c1C(=O)OC(C)C(=O)N1c2ccccc2NC(=O)C1(C)C. The minimum Gasteiger partial charge on any atom is -0.449 e. The van der Waals surface area contributed by atoms with Crippen LogP contribution in [0.15, 0.2) is 28.8 Å². The molecule has 0 fully saturated rings. The summed E-state index contributed by atoms with van der Waals surface area (Å²) in [7, 11) is 0. The van der Waals surface area contributed by atoms with Crippen molar-refractivity contribution in [3.05, 3.63) is 41.3 Å². The van der Waals surface area contributed by atoms with Gasteiger partial charge in [0.25, 0.3) is 5.91 Å². The number of rotatable bonds is 4. The van der Waals surface area contributed by atoms with E-state index >= 15 is 0 Å². The molecule has 28 heavy (non-hydrogen) atoms. The molecular weight excluding hydrogens is 362 g/mol. The highest BCUT2D eigenvalue weighted by Gasteiger charge is 2.45. The van der Waals surface area contributed by atoms with Crippen LogP contribution in [0.4, 0.5) is 11.4 Å². The van der Waals surface area contributed by atoms with E-state index in [4.69, 9.17) is 9.26 Å². The van der Waals surface area contributed by atoms with Crippen LogP contribution in [0.1, 0.15) is 49.5 Å². The molecule has 3 rings (SSSR count). The number of carbonyl (C=O) groups is 3. The van der Waals surface area contributed by atoms with E-state index in [1.807, 2.05) is 6.92 Å². The Morgan fingerprint density at radius 1 is 1.32 bits per heavy atom. The summed E-state index contributed by atoms with van der Waals surface area (Å²) >= 11 is 0. The van der Waals surface area contributed by atoms with Crippen molar-refractivity contribution in [2.45, 2.75) is 52.7 Å². The molecule has 0 aliphatic carbocycles. The van der Waals surface area contributed by atoms with Gasteiger partial charge in [-0.15, -0.1) is 0 Å². The highest BCUT2D eigenvalue weighted by Crippen LogP contribution is 2.37. The molecule has 8 nitrogen and oxygen atoms in total. The first kappa shape index (κ1) is 19.6. The lowest BCUT2D eigenvalue weighted by atomic mass is 9.95. The Bertz CT molecular complexity index is 947. The zero-order chi connectivity index (χ0) is 20.6. The van der Waals surface area contributed by atoms with Gasteiger partial charge in [0.1, 0.15) is 16.9 Å². The number of para-hydroxylation sites is 2. The summed E-state index contributed by atoms with van der Waals surface area (Å²) in [4.78, 5) is 39.7. The predicted octanol–water partition coefficient (Wildman–Crippen LogP) is 2.85. The summed E-state index contributed by atoms with van der Waals surface area (Å²) in [6.45, 7) is 8.23. The predicted molar refractivity (Wildman–Crippen MR) is 102 cm³/mol. The van der Waals surface area contributed by atoms with E-state index in [0.29, 0.717) is 29.2 Å². The molecule has 1 unspecified atom stereocenters. The van der Waals surface area contributed by atoms with Crippen molar-refractivity contribution in [3.63, 3.8) is 0 Å². The second kappa shape index (κ2) is 7.10. The maximum absolute atomic E-state index is 13.2. The topological polar surface area (TPSA) is 102 Å². The molecular formula is C20H23N3O5. The van der Waals surface area contributed by atoms with Gasteiger partial charge in [0, 0.05) is 0 Å². The molecule has 2 amide bonds. The quantitative estimate of drug-likeness (QED) is 0.812. The molecule has 0 saturated heterocycles. The summed E-state index contributed by atoms with van der Waals surface area (Å²) < 4.78 is 10.5. The van der Waals surface area contributed by atoms with E-state index in [2.05, 4.69) is 10.5 Å². The zero-order valence-electron chi connectivity index (χ0n) is 16.5. The van der Waals surface area contributed by atoms with Crippen LogP contribution < -0.4 is 10.2 Å². The lowest BCUT2D eigenvalue weighted by Gasteiger charge is -2.42. The van der Waals surface area contributed by atoms with Crippen LogP contribution >= 0.6 is 0 Å². The highest BCUT2D eigenvalue weighted by molar-refractivity contribution is 6.15. The third-order valence-electron chi connectivity index (χ3n) is 4.83. The molecule has 2 heterocycles. The molecule has 2 aromatic rings. The number of ether oxygens (including phenoxy) is 1. The van der Waals surface area contributed by atoms with Crippen LogP contribution in [0, 0.1) is 6.92 Å². The van der Waals surface area contributed by atoms with Gasteiger partial charge in [-0.05, 0) is 46.2 Å². The van der Waals surface area contributed by atoms with Crippen molar-refractivity contribution >= 4 is 29.2 Å². The van der Waals surface area contributed by atoms with E-state index in [9.17, 15) is 14.4 Å². The molecule has 148 valence electrons. The first-order chi connectivity index (χ1) is 13.2. The van der Waals surface area contributed by atoms with Crippen molar-refractivity contribution in [2.24, 2.45) is 0 Å². The molecule has 1 aromatic carbocycles. The first-order valence-corrected chi connectivity index (χ1v) is 9.09. The van der Waals surface area contributed by atoms with Gasteiger partial charge in [0.05, 0.1) is 17.1 Å².